The molecule has 1 N–H and O–H groups in total. The summed E-state index contributed by atoms with van der Waals surface area (Å²) in [5.41, 5.74) is 7.84. The number of anilines is 1. The van der Waals surface area contributed by atoms with E-state index < -0.39 is 0 Å². The molecule has 5 rings (SSSR count). The van der Waals surface area contributed by atoms with Crippen molar-refractivity contribution in [1.29, 1.82) is 0 Å². The zero-order valence-electron chi connectivity index (χ0n) is 19.7. The Morgan fingerprint density at radius 3 is 2.84 bits per heavy atom. The minimum absolute atomic E-state index is 0.615. The van der Waals surface area contributed by atoms with Crippen molar-refractivity contribution in [2.45, 2.75) is 58.8 Å². The SMILES string of the molecule is Cc1cccc(Cc2nc3c(c(NCCCN4CCCCC4)n2)C2=CCC(C)C=C2C3)c1. The van der Waals surface area contributed by atoms with Crippen molar-refractivity contribution in [3.8, 4) is 0 Å². The van der Waals surface area contributed by atoms with E-state index in [-0.39, 0.29) is 0 Å². The van der Waals surface area contributed by atoms with Gasteiger partial charge in [0.2, 0.25) is 0 Å². The van der Waals surface area contributed by atoms with Gasteiger partial charge in [-0.15, -0.1) is 0 Å². The van der Waals surface area contributed by atoms with Crippen LogP contribution >= 0.6 is 0 Å². The van der Waals surface area contributed by atoms with Crippen LogP contribution in [-0.2, 0) is 12.8 Å². The van der Waals surface area contributed by atoms with E-state index in [1.807, 2.05) is 0 Å². The number of likely N-dealkylation sites (tertiary alicyclic amines) is 1. The molecular weight excluding hydrogens is 392 g/mol. The fourth-order valence-electron chi connectivity index (χ4n) is 5.41. The highest BCUT2D eigenvalue weighted by molar-refractivity contribution is 5.90. The molecule has 1 saturated heterocycles. The third kappa shape index (κ3) is 4.80. The lowest BCUT2D eigenvalue weighted by Gasteiger charge is -2.26. The van der Waals surface area contributed by atoms with Gasteiger partial charge in [0.15, 0.2) is 0 Å². The molecule has 1 unspecified atom stereocenters. The van der Waals surface area contributed by atoms with Crippen molar-refractivity contribution in [3.63, 3.8) is 0 Å². The Bertz CT molecular complexity index is 1030. The lowest BCUT2D eigenvalue weighted by atomic mass is 9.92. The van der Waals surface area contributed by atoms with Gasteiger partial charge in [0.1, 0.15) is 11.6 Å². The highest BCUT2D eigenvalue weighted by Gasteiger charge is 2.29. The smallest absolute Gasteiger partial charge is 0.137 e. The van der Waals surface area contributed by atoms with E-state index in [0.29, 0.717) is 5.92 Å². The number of rotatable bonds is 7. The van der Waals surface area contributed by atoms with Crippen LogP contribution in [0.4, 0.5) is 5.82 Å². The van der Waals surface area contributed by atoms with Crippen LogP contribution in [0.25, 0.3) is 5.57 Å². The van der Waals surface area contributed by atoms with Crippen molar-refractivity contribution in [3.05, 3.63) is 70.2 Å². The summed E-state index contributed by atoms with van der Waals surface area (Å²) in [5, 5.41) is 3.72. The number of aromatic nitrogens is 2. The fourth-order valence-corrected chi connectivity index (χ4v) is 5.41. The number of aryl methyl sites for hydroxylation is 1. The number of allylic oxidation sites excluding steroid dienone is 4. The molecule has 1 aliphatic heterocycles. The number of nitrogens with one attached hydrogen (secondary N) is 1. The molecular formula is C28H36N4. The number of nitrogens with zero attached hydrogens (tertiary/aromatic N) is 3. The van der Waals surface area contributed by atoms with Crippen LogP contribution in [0, 0.1) is 12.8 Å². The van der Waals surface area contributed by atoms with Gasteiger partial charge in [0.25, 0.3) is 0 Å². The largest absolute Gasteiger partial charge is 0.369 e. The molecule has 0 radical (unpaired) electrons. The molecule has 2 aromatic rings. The fraction of sp³-hybridized carbons (Fsp3) is 0.500. The molecule has 2 aliphatic carbocycles. The third-order valence-corrected chi connectivity index (χ3v) is 7.02. The van der Waals surface area contributed by atoms with Crippen LogP contribution in [0.5, 0.6) is 0 Å². The molecule has 168 valence electrons. The molecule has 0 bridgehead atoms. The van der Waals surface area contributed by atoms with Crippen molar-refractivity contribution < 1.29 is 0 Å². The van der Waals surface area contributed by atoms with Gasteiger partial charge >= 0.3 is 0 Å². The second-order valence-corrected chi connectivity index (χ2v) is 9.86. The van der Waals surface area contributed by atoms with Crippen LogP contribution < -0.4 is 5.32 Å². The van der Waals surface area contributed by atoms with Gasteiger partial charge in [0.05, 0.1) is 5.69 Å². The van der Waals surface area contributed by atoms with Gasteiger partial charge in [-0.1, -0.05) is 55.3 Å². The molecule has 1 aromatic heterocycles. The van der Waals surface area contributed by atoms with Crippen LogP contribution in [0.1, 0.15) is 67.2 Å². The maximum Gasteiger partial charge on any atom is 0.137 e. The summed E-state index contributed by atoms with van der Waals surface area (Å²) in [5.74, 6) is 2.59. The zero-order valence-corrected chi connectivity index (χ0v) is 19.7. The topological polar surface area (TPSA) is 41.1 Å². The lowest BCUT2D eigenvalue weighted by molar-refractivity contribution is 0.228. The quantitative estimate of drug-likeness (QED) is 0.586. The first-order valence-electron chi connectivity index (χ1n) is 12.5. The number of hydrogen-bond acceptors (Lipinski definition) is 4. The van der Waals surface area contributed by atoms with Crippen molar-refractivity contribution in [1.82, 2.24) is 14.9 Å². The minimum atomic E-state index is 0.615. The van der Waals surface area contributed by atoms with Crippen molar-refractivity contribution >= 4 is 11.4 Å². The zero-order chi connectivity index (χ0) is 21.9. The normalized spacial score (nSPS) is 20.4. The average molecular weight is 429 g/mol. The molecule has 4 nitrogen and oxygen atoms in total. The first-order chi connectivity index (χ1) is 15.7. The molecule has 0 amide bonds. The number of piperidine rings is 1. The maximum atomic E-state index is 5.06. The number of hydrogen-bond donors (Lipinski definition) is 1. The predicted molar refractivity (Wildman–Crippen MR) is 133 cm³/mol. The molecule has 32 heavy (non-hydrogen) atoms. The molecule has 4 heteroatoms. The molecule has 0 saturated carbocycles. The first kappa shape index (κ1) is 21.4. The highest BCUT2D eigenvalue weighted by atomic mass is 15.1. The second kappa shape index (κ2) is 9.58. The van der Waals surface area contributed by atoms with E-state index in [1.165, 1.54) is 72.4 Å². The minimum Gasteiger partial charge on any atom is -0.369 e. The van der Waals surface area contributed by atoms with Gasteiger partial charge in [-0.25, -0.2) is 9.97 Å². The van der Waals surface area contributed by atoms with E-state index in [1.54, 1.807) is 0 Å². The van der Waals surface area contributed by atoms with Gasteiger partial charge in [0, 0.05) is 24.9 Å². The molecule has 1 fully saturated rings. The van der Waals surface area contributed by atoms with E-state index in [2.05, 4.69) is 60.5 Å². The van der Waals surface area contributed by atoms with E-state index >= 15 is 0 Å². The van der Waals surface area contributed by atoms with Crippen LogP contribution in [0.2, 0.25) is 0 Å². The second-order valence-electron chi connectivity index (χ2n) is 9.86. The van der Waals surface area contributed by atoms with E-state index in [9.17, 15) is 0 Å². The summed E-state index contributed by atoms with van der Waals surface area (Å²) < 4.78 is 0. The molecule has 1 atom stereocenters. The van der Waals surface area contributed by atoms with Gasteiger partial charge in [-0.3, -0.25) is 0 Å². The van der Waals surface area contributed by atoms with Crippen LogP contribution in [0.15, 0.2) is 42.0 Å². The summed E-state index contributed by atoms with van der Waals surface area (Å²) in [6.07, 6.45) is 13.0. The van der Waals surface area contributed by atoms with Crippen LogP contribution in [0.3, 0.4) is 0 Å². The Balaban J connectivity index is 1.36. The molecule has 3 aliphatic rings. The van der Waals surface area contributed by atoms with Crippen molar-refractivity contribution in [2.24, 2.45) is 5.92 Å². The Morgan fingerprint density at radius 2 is 2.00 bits per heavy atom. The Hall–Kier alpha value is -2.46. The third-order valence-electron chi connectivity index (χ3n) is 7.02. The molecule has 0 spiro atoms. The monoisotopic (exact) mass is 428 g/mol. The van der Waals surface area contributed by atoms with E-state index in [0.717, 1.165) is 43.9 Å². The van der Waals surface area contributed by atoms with Crippen molar-refractivity contribution in [2.75, 3.05) is 31.5 Å². The number of fused-ring (bicyclic) bond motifs is 3. The average Bonchev–Trinajstić information content (AvgIpc) is 3.14. The summed E-state index contributed by atoms with van der Waals surface area (Å²) >= 11 is 0. The summed E-state index contributed by atoms with van der Waals surface area (Å²) in [7, 11) is 0. The van der Waals surface area contributed by atoms with E-state index in [4.69, 9.17) is 9.97 Å². The maximum absolute atomic E-state index is 5.06. The number of benzene rings is 1. The summed E-state index contributed by atoms with van der Waals surface area (Å²) in [4.78, 5) is 12.7. The lowest BCUT2D eigenvalue weighted by Crippen LogP contribution is -2.31. The Kier molecular flexibility index (Phi) is 6.40. The molecule has 2 heterocycles. The highest BCUT2D eigenvalue weighted by Crippen LogP contribution is 2.43. The molecule has 1 aromatic carbocycles. The van der Waals surface area contributed by atoms with Gasteiger partial charge < -0.3 is 10.2 Å². The Labute approximate surface area is 192 Å². The Morgan fingerprint density at radius 1 is 1.12 bits per heavy atom. The standard InChI is InChI=1S/C28H36N4/c1-20-8-6-9-22(16-20)18-26-30-25-19-23-17-21(2)10-11-24(23)27(25)28(31-26)29-12-7-15-32-13-4-3-5-14-32/h6,8-9,11,16-17,21H,3-5,7,10,12-15,18-19H2,1-2H3,(H,29,30,31). The summed E-state index contributed by atoms with van der Waals surface area (Å²) in [6.45, 7) is 9.13. The summed E-state index contributed by atoms with van der Waals surface area (Å²) in [6, 6.07) is 8.70. The first-order valence-corrected chi connectivity index (χ1v) is 12.5. The van der Waals surface area contributed by atoms with Crippen LogP contribution in [-0.4, -0.2) is 41.0 Å². The van der Waals surface area contributed by atoms with Gasteiger partial charge in [-0.05, 0) is 74.9 Å². The van der Waals surface area contributed by atoms with Gasteiger partial charge in [-0.2, -0.15) is 0 Å². The predicted octanol–water partition coefficient (Wildman–Crippen LogP) is 5.57.